The van der Waals surface area contributed by atoms with Gasteiger partial charge in [-0.15, -0.1) is 0 Å². The predicted molar refractivity (Wildman–Crippen MR) is 92.0 cm³/mol. The first-order chi connectivity index (χ1) is 11.3. The maximum absolute atomic E-state index is 5.68. The second kappa shape index (κ2) is 5.45. The molecule has 0 saturated carbocycles. The van der Waals surface area contributed by atoms with Crippen molar-refractivity contribution in [1.82, 2.24) is 19.9 Å². The minimum atomic E-state index is 0.274. The molecule has 23 heavy (non-hydrogen) atoms. The van der Waals surface area contributed by atoms with Crippen molar-refractivity contribution < 1.29 is 0 Å². The highest BCUT2D eigenvalue weighted by molar-refractivity contribution is 5.87. The van der Waals surface area contributed by atoms with Crippen molar-refractivity contribution in [2.75, 3.05) is 31.1 Å². The Kier molecular flexibility index (Phi) is 3.41. The average Bonchev–Trinajstić information content (AvgIpc) is 3.09. The summed E-state index contributed by atoms with van der Waals surface area (Å²) < 4.78 is 0. The standard InChI is InChI=1S/C18H23N5/c1-3-18-11-22(4-2)9-6-14(18)7-10-23(12-18)17-15-5-8-19-16(15)20-13-21-17/h2,5,8,13-14H,3,6-7,9-12H2,1H3,(H,19,20,21)/t14-,18+/m1/s1. The molecule has 120 valence electrons. The summed E-state index contributed by atoms with van der Waals surface area (Å²) in [6, 6.07) is 4.93. The van der Waals surface area contributed by atoms with Gasteiger partial charge in [0, 0.05) is 43.8 Å². The van der Waals surface area contributed by atoms with Crippen LogP contribution in [0.25, 0.3) is 11.0 Å². The van der Waals surface area contributed by atoms with Crippen LogP contribution in [0.1, 0.15) is 26.2 Å². The first-order valence-electron chi connectivity index (χ1n) is 8.50. The van der Waals surface area contributed by atoms with Crippen molar-refractivity contribution in [3.63, 3.8) is 0 Å². The second-order valence-corrected chi connectivity index (χ2v) is 6.90. The monoisotopic (exact) mass is 309 g/mol. The zero-order chi connectivity index (χ0) is 15.9. The molecule has 2 fully saturated rings. The van der Waals surface area contributed by atoms with Crippen LogP contribution in [0.5, 0.6) is 0 Å². The highest BCUT2D eigenvalue weighted by atomic mass is 15.2. The van der Waals surface area contributed by atoms with E-state index in [2.05, 4.69) is 43.8 Å². The molecule has 2 aromatic heterocycles. The summed E-state index contributed by atoms with van der Waals surface area (Å²) in [5, 5.41) is 1.11. The van der Waals surface area contributed by atoms with Crippen LogP contribution in [-0.2, 0) is 0 Å². The Bertz CT molecular complexity index is 745. The van der Waals surface area contributed by atoms with E-state index in [1.165, 1.54) is 12.8 Å². The summed E-state index contributed by atoms with van der Waals surface area (Å²) in [5.41, 5.74) is 1.19. The molecule has 0 bridgehead atoms. The summed E-state index contributed by atoms with van der Waals surface area (Å²) in [4.78, 5) is 16.7. The Morgan fingerprint density at radius 1 is 1.35 bits per heavy atom. The van der Waals surface area contributed by atoms with Gasteiger partial charge in [0.05, 0.1) is 5.39 Å². The Morgan fingerprint density at radius 2 is 2.22 bits per heavy atom. The lowest BCUT2D eigenvalue weighted by molar-refractivity contribution is 0.0367. The highest BCUT2D eigenvalue weighted by Gasteiger charge is 2.45. The summed E-state index contributed by atoms with van der Waals surface area (Å²) >= 11 is 0. The van der Waals surface area contributed by atoms with E-state index in [9.17, 15) is 0 Å². The van der Waals surface area contributed by atoms with E-state index in [0.717, 1.165) is 55.4 Å². The molecule has 0 radical (unpaired) electrons. The lowest BCUT2D eigenvalue weighted by Gasteiger charge is -2.53. The number of nitrogens with zero attached hydrogens (tertiary/aromatic N) is 4. The van der Waals surface area contributed by atoms with Crippen LogP contribution < -0.4 is 4.90 Å². The van der Waals surface area contributed by atoms with Crippen LogP contribution in [0.2, 0.25) is 0 Å². The Morgan fingerprint density at radius 3 is 3.04 bits per heavy atom. The lowest BCUT2D eigenvalue weighted by Crippen LogP contribution is -2.57. The fourth-order valence-electron chi connectivity index (χ4n) is 4.52. The minimum Gasteiger partial charge on any atom is -0.355 e. The van der Waals surface area contributed by atoms with Gasteiger partial charge in [-0.2, -0.15) is 0 Å². The molecule has 0 aliphatic carbocycles. The van der Waals surface area contributed by atoms with Crippen LogP contribution in [0, 0.1) is 23.8 Å². The summed E-state index contributed by atoms with van der Waals surface area (Å²) in [7, 11) is 0. The van der Waals surface area contributed by atoms with E-state index in [4.69, 9.17) is 6.42 Å². The number of hydrogen-bond acceptors (Lipinski definition) is 4. The zero-order valence-electron chi connectivity index (χ0n) is 13.6. The van der Waals surface area contributed by atoms with Crippen LogP contribution in [-0.4, -0.2) is 46.0 Å². The molecule has 4 heterocycles. The van der Waals surface area contributed by atoms with Gasteiger partial charge in [0.15, 0.2) is 0 Å². The molecule has 4 rings (SSSR count). The van der Waals surface area contributed by atoms with Crippen LogP contribution in [0.15, 0.2) is 18.6 Å². The van der Waals surface area contributed by atoms with E-state index < -0.39 is 0 Å². The van der Waals surface area contributed by atoms with Gasteiger partial charge in [0.1, 0.15) is 17.8 Å². The van der Waals surface area contributed by atoms with Crippen molar-refractivity contribution >= 4 is 16.9 Å². The fraction of sp³-hybridized carbons (Fsp3) is 0.556. The number of anilines is 1. The number of H-pyrrole nitrogens is 1. The van der Waals surface area contributed by atoms with Gasteiger partial charge >= 0.3 is 0 Å². The van der Waals surface area contributed by atoms with Gasteiger partial charge in [-0.05, 0) is 31.2 Å². The number of piperidine rings is 2. The van der Waals surface area contributed by atoms with Crippen LogP contribution >= 0.6 is 0 Å². The number of rotatable bonds is 2. The van der Waals surface area contributed by atoms with Gasteiger partial charge in [-0.3, -0.25) is 0 Å². The van der Waals surface area contributed by atoms with E-state index in [1.54, 1.807) is 6.33 Å². The first-order valence-corrected chi connectivity index (χ1v) is 8.50. The van der Waals surface area contributed by atoms with Crippen molar-refractivity contribution in [2.45, 2.75) is 26.2 Å². The van der Waals surface area contributed by atoms with E-state index >= 15 is 0 Å². The maximum atomic E-state index is 5.68. The first kappa shape index (κ1) is 14.4. The van der Waals surface area contributed by atoms with Gasteiger partial charge in [-0.1, -0.05) is 13.3 Å². The highest BCUT2D eigenvalue weighted by Crippen LogP contribution is 2.45. The number of aromatic amines is 1. The minimum absolute atomic E-state index is 0.274. The normalized spacial score (nSPS) is 27.7. The smallest absolute Gasteiger partial charge is 0.142 e. The van der Waals surface area contributed by atoms with Crippen molar-refractivity contribution in [2.24, 2.45) is 11.3 Å². The number of nitrogens with one attached hydrogen (secondary N) is 1. The van der Waals surface area contributed by atoms with Crippen LogP contribution in [0.4, 0.5) is 5.82 Å². The molecule has 2 saturated heterocycles. The molecule has 2 atom stereocenters. The Labute approximate surface area is 137 Å². The predicted octanol–water partition coefficient (Wildman–Crippen LogP) is 2.48. The van der Waals surface area contributed by atoms with E-state index in [1.807, 2.05) is 6.20 Å². The maximum Gasteiger partial charge on any atom is 0.142 e. The molecule has 2 aromatic rings. The molecule has 0 amide bonds. The molecular formula is C18H23N5. The largest absolute Gasteiger partial charge is 0.355 e. The summed E-state index contributed by atoms with van der Waals surface area (Å²) in [5.74, 6) is 1.83. The molecule has 2 aliphatic rings. The lowest BCUT2D eigenvalue weighted by atomic mass is 9.65. The van der Waals surface area contributed by atoms with Crippen molar-refractivity contribution in [3.05, 3.63) is 18.6 Å². The molecule has 0 aromatic carbocycles. The van der Waals surface area contributed by atoms with Crippen molar-refractivity contribution in [1.29, 1.82) is 0 Å². The number of hydrogen-bond donors (Lipinski definition) is 1. The Hall–Kier alpha value is -2.22. The quantitative estimate of drug-likeness (QED) is 0.866. The third-order valence-electron chi connectivity index (χ3n) is 5.89. The SMILES string of the molecule is C#CN1CC[C@@H]2CCN(c3ncnc4[nH]ccc34)C[C@]2(CC)C1. The number of aromatic nitrogens is 3. The summed E-state index contributed by atoms with van der Waals surface area (Å²) in [6.07, 6.45) is 12.9. The fourth-order valence-corrected chi connectivity index (χ4v) is 4.52. The van der Waals surface area contributed by atoms with E-state index in [-0.39, 0.29) is 5.41 Å². The number of fused-ring (bicyclic) bond motifs is 2. The summed E-state index contributed by atoms with van der Waals surface area (Å²) in [6.45, 7) is 6.45. The molecule has 0 unspecified atom stereocenters. The molecule has 2 aliphatic heterocycles. The molecular weight excluding hydrogens is 286 g/mol. The molecule has 5 heteroatoms. The topological polar surface area (TPSA) is 48.1 Å². The van der Waals surface area contributed by atoms with E-state index in [0.29, 0.717) is 0 Å². The third kappa shape index (κ3) is 2.24. The molecule has 1 N–H and O–H groups in total. The molecule has 0 spiro atoms. The average molecular weight is 309 g/mol. The van der Waals surface area contributed by atoms with Gasteiger partial charge < -0.3 is 14.8 Å². The number of likely N-dealkylation sites (tertiary alicyclic amines) is 1. The zero-order valence-corrected chi connectivity index (χ0v) is 13.6. The van der Waals surface area contributed by atoms with Crippen LogP contribution in [0.3, 0.4) is 0 Å². The van der Waals surface area contributed by atoms with Gasteiger partial charge in [-0.25, -0.2) is 9.97 Å². The second-order valence-electron chi connectivity index (χ2n) is 6.90. The van der Waals surface area contributed by atoms with Crippen molar-refractivity contribution in [3.8, 4) is 12.5 Å². The third-order valence-corrected chi connectivity index (χ3v) is 5.89. The number of terminal acetylenes is 1. The van der Waals surface area contributed by atoms with Gasteiger partial charge in [0.25, 0.3) is 0 Å². The molecule has 5 nitrogen and oxygen atoms in total. The Balaban J connectivity index is 1.68. The van der Waals surface area contributed by atoms with Gasteiger partial charge in [0.2, 0.25) is 0 Å².